The highest BCUT2D eigenvalue weighted by Gasteiger charge is 2.16. The summed E-state index contributed by atoms with van der Waals surface area (Å²) in [6.07, 6.45) is 3.81. The number of piperidine rings is 1. The second kappa shape index (κ2) is 8.30. The molecule has 0 aliphatic carbocycles. The van der Waals surface area contributed by atoms with Crippen LogP contribution in [0.3, 0.4) is 0 Å². The lowest BCUT2D eigenvalue weighted by molar-refractivity contribution is 0.504. The zero-order valence-electron chi connectivity index (χ0n) is 14.5. The summed E-state index contributed by atoms with van der Waals surface area (Å²) in [5, 5.41) is 3.51. The third-order valence-electron chi connectivity index (χ3n) is 4.56. The van der Waals surface area contributed by atoms with E-state index in [1.807, 2.05) is 11.9 Å². The smallest absolute Gasteiger partial charge is 0.173 e. The van der Waals surface area contributed by atoms with Gasteiger partial charge in [-0.1, -0.05) is 30.3 Å². The fourth-order valence-electron chi connectivity index (χ4n) is 3.19. The van der Waals surface area contributed by atoms with Gasteiger partial charge in [0, 0.05) is 32.4 Å². The molecule has 1 fully saturated rings. The summed E-state index contributed by atoms with van der Waals surface area (Å²) in [7, 11) is 1.93. The van der Waals surface area contributed by atoms with Gasteiger partial charge >= 0.3 is 0 Å². The van der Waals surface area contributed by atoms with Crippen molar-refractivity contribution in [2.24, 2.45) is 0 Å². The highest BCUT2D eigenvalue weighted by Crippen LogP contribution is 2.25. The Morgan fingerprint density at radius 1 is 1.08 bits per heavy atom. The number of halogens is 1. The second-order valence-corrected chi connectivity index (χ2v) is 6.83. The normalized spacial score (nSPS) is 14.2. The molecule has 2 aromatic carbocycles. The molecule has 0 aromatic heterocycles. The molecule has 1 heterocycles. The lowest BCUT2D eigenvalue weighted by Gasteiger charge is -2.32. The van der Waals surface area contributed by atoms with E-state index >= 15 is 0 Å². The van der Waals surface area contributed by atoms with Crippen molar-refractivity contribution in [2.45, 2.75) is 25.8 Å². The van der Waals surface area contributed by atoms with Crippen molar-refractivity contribution < 1.29 is 4.39 Å². The zero-order chi connectivity index (χ0) is 17.6. The highest BCUT2D eigenvalue weighted by molar-refractivity contribution is 7.80. The van der Waals surface area contributed by atoms with Gasteiger partial charge in [-0.05, 0) is 55.2 Å². The van der Waals surface area contributed by atoms with Crippen molar-refractivity contribution >= 4 is 28.7 Å². The number of nitrogens with zero attached hydrogens (tertiary/aromatic N) is 2. The van der Waals surface area contributed by atoms with E-state index in [0.29, 0.717) is 17.3 Å². The van der Waals surface area contributed by atoms with Gasteiger partial charge < -0.3 is 15.1 Å². The summed E-state index contributed by atoms with van der Waals surface area (Å²) in [6, 6.07) is 15.1. The Hall–Kier alpha value is -2.14. The standard InChI is InChI=1S/C20H24FN3S/c1-23(20(25)22-18-11-5-4-10-17(18)21)15-16-9-3-6-12-19(16)24-13-7-2-8-14-24/h3-6,9-12H,2,7-8,13-15H2,1H3,(H,22,25). The van der Waals surface area contributed by atoms with Crippen LogP contribution in [0, 0.1) is 5.82 Å². The topological polar surface area (TPSA) is 18.5 Å². The van der Waals surface area contributed by atoms with Gasteiger partial charge in [0.25, 0.3) is 0 Å². The van der Waals surface area contributed by atoms with Crippen molar-refractivity contribution in [3.63, 3.8) is 0 Å². The number of para-hydroxylation sites is 2. The van der Waals surface area contributed by atoms with Crippen LogP contribution in [-0.2, 0) is 6.54 Å². The molecular formula is C20H24FN3S. The van der Waals surface area contributed by atoms with E-state index in [-0.39, 0.29) is 5.82 Å². The predicted octanol–water partition coefficient (Wildman–Crippen LogP) is 4.64. The molecule has 1 N–H and O–H groups in total. The molecule has 1 aliphatic heterocycles. The molecule has 0 bridgehead atoms. The van der Waals surface area contributed by atoms with E-state index in [2.05, 4.69) is 34.5 Å². The molecule has 3 rings (SSSR count). The van der Waals surface area contributed by atoms with Gasteiger partial charge in [-0.3, -0.25) is 0 Å². The van der Waals surface area contributed by atoms with Crippen LogP contribution in [0.4, 0.5) is 15.8 Å². The van der Waals surface area contributed by atoms with Crippen LogP contribution >= 0.6 is 12.2 Å². The third kappa shape index (κ3) is 4.48. The van der Waals surface area contributed by atoms with Crippen molar-refractivity contribution in [1.29, 1.82) is 0 Å². The minimum atomic E-state index is -0.299. The Bertz CT molecular complexity index is 728. The predicted molar refractivity (Wildman–Crippen MR) is 107 cm³/mol. The number of benzene rings is 2. The van der Waals surface area contributed by atoms with Crippen LogP contribution < -0.4 is 10.2 Å². The fraction of sp³-hybridized carbons (Fsp3) is 0.350. The van der Waals surface area contributed by atoms with E-state index in [0.717, 1.165) is 13.1 Å². The molecule has 5 heteroatoms. The first kappa shape index (κ1) is 17.7. The summed E-state index contributed by atoms with van der Waals surface area (Å²) >= 11 is 5.45. The molecular weight excluding hydrogens is 333 g/mol. The Kier molecular flexibility index (Phi) is 5.87. The summed E-state index contributed by atoms with van der Waals surface area (Å²) in [6.45, 7) is 2.91. The van der Waals surface area contributed by atoms with E-state index in [4.69, 9.17) is 12.2 Å². The quantitative estimate of drug-likeness (QED) is 0.803. The molecule has 2 aromatic rings. The monoisotopic (exact) mass is 357 g/mol. The van der Waals surface area contributed by atoms with Crippen LogP contribution in [0.5, 0.6) is 0 Å². The molecule has 0 atom stereocenters. The van der Waals surface area contributed by atoms with Crippen LogP contribution in [0.2, 0.25) is 0 Å². The van der Waals surface area contributed by atoms with Crippen molar-refractivity contribution in [3.8, 4) is 0 Å². The second-order valence-electron chi connectivity index (χ2n) is 6.44. The van der Waals surface area contributed by atoms with E-state index in [1.165, 1.54) is 36.6 Å². The summed E-state index contributed by atoms with van der Waals surface area (Å²) in [5.41, 5.74) is 2.93. The van der Waals surface area contributed by atoms with E-state index in [9.17, 15) is 4.39 Å². The molecule has 3 nitrogen and oxygen atoms in total. The summed E-state index contributed by atoms with van der Waals surface area (Å²) in [4.78, 5) is 4.41. The number of rotatable bonds is 4. The Morgan fingerprint density at radius 2 is 1.76 bits per heavy atom. The van der Waals surface area contributed by atoms with Crippen LogP contribution in [0.15, 0.2) is 48.5 Å². The summed E-state index contributed by atoms with van der Waals surface area (Å²) in [5.74, 6) is -0.299. The molecule has 132 valence electrons. The van der Waals surface area contributed by atoms with Gasteiger partial charge in [0.2, 0.25) is 0 Å². The van der Waals surface area contributed by atoms with Crippen LogP contribution in [-0.4, -0.2) is 30.1 Å². The van der Waals surface area contributed by atoms with E-state index in [1.54, 1.807) is 18.2 Å². The van der Waals surface area contributed by atoms with Gasteiger partial charge in [0.15, 0.2) is 5.11 Å². The maximum absolute atomic E-state index is 13.8. The number of hydrogen-bond acceptors (Lipinski definition) is 2. The zero-order valence-corrected chi connectivity index (χ0v) is 15.4. The van der Waals surface area contributed by atoms with Crippen LogP contribution in [0.1, 0.15) is 24.8 Å². The minimum absolute atomic E-state index is 0.299. The molecule has 0 radical (unpaired) electrons. The molecule has 0 spiro atoms. The Labute approximate surface area is 154 Å². The van der Waals surface area contributed by atoms with Gasteiger partial charge in [-0.15, -0.1) is 0 Å². The average molecular weight is 357 g/mol. The minimum Gasteiger partial charge on any atom is -0.371 e. The van der Waals surface area contributed by atoms with Gasteiger partial charge in [-0.25, -0.2) is 4.39 Å². The molecule has 0 amide bonds. The number of hydrogen-bond donors (Lipinski definition) is 1. The fourth-order valence-corrected chi connectivity index (χ4v) is 3.36. The van der Waals surface area contributed by atoms with Crippen LogP contribution in [0.25, 0.3) is 0 Å². The maximum Gasteiger partial charge on any atom is 0.173 e. The average Bonchev–Trinajstić information content (AvgIpc) is 2.64. The first-order chi connectivity index (χ1) is 12.1. The lowest BCUT2D eigenvalue weighted by atomic mass is 10.1. The molecule has 25 heavy (non-hydrogen) atoms. The molecule has 0 saturated carbocycles. The Balaban J connectivity index is 1.69. The first-order valence-corrected chi connectivity index (χ1v) is 9.15. The number of nitrogens with one attached hydrogen (secondary N) is 1. The lowest BCUT2D eigenvalue weighted by Crippen LogP contribution is -2.33. The van der Waals surface area contributed by atoms with E-state index < -0.39 is 0 Å². The largest absolute Gasteiger partial charge is 0.371 e. The van der Waals surface area contributed by atoms with Gasteiger partial charge in [-0.2, -0.15) is 0 Å². The number of thiocarbonyl (C=S) groups is 1. The molecule has 0 unspecified atom stereocenters. The van der Waals surface area contributed by atoms with Crippen molar-refractivity contribution in [2.75, 3.05) is 30.4 Å². The third-order valence-corrected chi connectivity index (χ3v) is 4.97. The summed E-state index contributed by atoms with van der Waals surface area (Å²) < 4.78 is 13.8. The van der Waals surface area contributed by atoms with Crippen molar-refractivity contribution in [3.05, 3.63) is 59.9 Å². The highest BCUT2D eigenvalue weighted by atomic mass is 32.1. The first-order valence-electron chi connectivity index (χ1n) is 8.74. The van der Waals surface area contributed by atoms with Gasteiger partial charge in [0.05, 0.1) is 5.69 Å². The number of anilines is 2. The van der Waals surface area contributed by atoms with Gasteiger partial charge in [0.1, 0.15) is 5.82 Å². The molecule has 1 aliphatic rings. The van der Waals surface area contributed by atoms with Crippen molar-refractivity contribution in [1.82, 2.24) is 4.90 Å². The maximum atomic E-state index is 13.8. The molecule has 1 saturated heterocycles. The Morgan fingerprint density at radius 3 is 2.52 bits per heavy atom. The SMILES string of the molecule is CN(Cc1ccccc1N1CCCCC1)C(=S)Nc1ccccc1F.